The Morgan fingerprint density at radius 2 is 1.78 bits per heavy atom. The second kappa shape index (κ2) is 11.9. The summed E-state index contributed by atoms with van der Waals surface area (Å²) in [7, 11) is 0. The Labute approximate surface area is 259 Å². The first-order valence-corrected chi connectivity index (χ1v) is 15.0. The van der Waals surface area contributed by atoms with Crippen LogP contribution in [0, 0.1) is 0 Å². The van der Waals surface area contributed by atoms with Crippen LogP contribution in [0.4, 0.5) is 0 Å². The highest BCUT2D eigenvalue weighted by Gasteiger charge is 2.19. The molecule has 0 bridgehead atoms. The first-order chi connectivity index (χ1) is 19.9. The van der Waals surface area contributed by atoms with Gasteiger partial charge in [0.25, 0.3) is 11.5 Å². The molecule has 9 nitrogen and oxygen atoms in total. The number of halogens is 3. The van der Waals surface area contributed by atoms with Gasteiger partial charge in [0.1, 0.15) is 11.3 Å². The molecule has 0 N–H and O–H groups in total. The van der Waals surface area contributed by atoms with Crippen molar-refractivity contribution in [3.05, 3.63) is 90.0 Å². The minimum atomic E-state index is -0.330. The van der Waals surface area contributed by atoms with Crippen molar-refractivity contribution < 1.29 is 18.7 Å². The van der Waals surface area contributed by atoms with Crippen molar-refractivity contribution in [2.75, 3.05) is 32.9 Å². The van der Waals surface area contributed by atoms with Gasteiger partial charge < -0.3 is 18.8 Å². The fourth-order valence-electron chi connectivity index (χ4n) is 4.47. The number of fused-ring (bicyclic) bond motifs is 2. The molecule has 0 aliphatic carbocycles. The lowest BCUT2D eigenvalue weighted by Gasteiger charge is -2.26. The van der Waals surface area contributed by atoms with Crippen molar-refractivity contribution in [3.8, 4) is 17.3 Å². The molecule has 208 valence electrons. The number of nitrogens with zero attached hydrogens (tertiary/aromatic N) is 4. The number of rotatable bonds is 6. The molecule has 1 fully saturated rings. The fourth-order valence-corrected chi connectivity index (χ4v) is 6.30. The van der Waals surface area contributed by atoms with Crippen molar-refractivity contribution in [2.24, 2.45) is 5.10 Å². The van der Waals surface area contributed by atoms with E-state index < -0.39 is 0 Å². The maximum Gasteiger partial charge on any atom is 0.282 e. The number of carbonyl (C=O) groups excluding carboxylic acids is 1. The number of morpholine rings is 1. The van der Waals surface area contributed by atoms with Gasteiger partial charge in [-0.05, 0) is 86.0 Å². The number of furan rings is 1. The van der Waals surface area contributed by atoms with Crippen molar-refractivity contribution in [3.63, 3.8) is 0 Å². The van der Waals surface area contributed by atoms with Crippen LogP contribution in [0.5, 0.6) is 5.75 Å². The zero-order chi connectivity index (χ0) is 28.5. The van der Waals surface area contributed by atoms with Crippen LogP contribution in [0.2, 0.25) is 0 Å². The summed E-state index contributed by atoms with van der Waals surface area (Å²) >= 11 is 10.5. The average molecular weight is 745 g/mol. The summed E-state index contributed by atoms with van der Waals surface area (Å²) in [6.45, 7) is 2.06. The van der Waals surface area contributed by atoms with Crippen LogP contribution in [-0.2, 0) is 9.53 Å². The molecular formula is C29H21Br3N4O5. The second-order valence-corrected chi connectivity index (χ2v) is 11.8. The lowest BCUT2D eigenvalue weighted by Crippen LogP contribution is -2.43. The number of para-hydroxylation sites is 1. The molecule has 0 atom stereocenters. The predicted molar refractivity (Wildman–Crippen MR) is 167 cm³/mol. The van der Waals surface area contributed by atoms with E-state index in [9.17, 15) is 9.59 Å². The topological polar surface area (TPSA) is 99.2 Å². The molecule has 6 rings (SSSR count). The molecule has 1 aliphatic rings. The standard InChI is InChI=1S/C29H21Br3N4O5/c30-19-5-6-24-18(13-19)14-25(41-24)28-34-23-4-2-1-3-20(23)29(38)36(28)33-15-17-11-21(31)27(22(32)12-17)40-16-26(37)35-7-9-39-10-8-35/h1-6,11-15H,7-10,16H2. The third-order valence-electron chi connectivity index (χ3n) is 6.50. The van der Waals surface area contributed by atoms with Gasteiger partial charge in [0, 0.05) is 22.9 Å². The van der Waals surface area contributed by atoms with E-state index in [0.29, 0.717) is 68.8 Å². The van der Waals surface area contributed by atoms with E-state index >= 15 is 0 Å². The Balaban J connectivity index is 1.33. The number of benzene rings is 3. The predicted octanol–water partition coefficient (Wildman–Crippen LogP) is 6.22. The monoisotopic (exact) mass is 742 g/mol. The molecule has 0 saturated carbocycles. The minimum absolute atomic E-state index is 0.0970. The Morgan fingerprint density at radius 1 is 1.02 bits per heavy atom. The van der Waals surface area contributed by atoms with Crippen LogP contribution in [0.1, 0.15) is 5.56 Å². The van der Waals surface area contributed by atoms with E-state index in [-0.39, 0.29) is 23.9 Å². The molecule has 5 aromatic rings. The molecule has 0 radical (unpaired) electrons. The van der Waals surface area contributed by atoms with Gasteiger partial charge in [0.2, 0.25) is 5.82 Å². The molecule has 0 unspecified atom stereocenters. The van der Waals surface area contributed by atoms with Gasteiger partial charge in [-0.3, -0.25) is 9.59 Å². The fraction of sp³-hybridized carbons (Fsp3) is 0.172. The van der Waals surface area contributed by atoms with Crippen molar-refractivity contribution in [1.29, 1.82) is 0 Å². The minimum Gasteiger partial charge on any atom is -0.481 e. The highest BCUT2D eigenvalue weighted by Crippen LogP contribution is 2.35. The van der Waals surface area contributed by atoms with Crippen LogP contribution in [0.3, 0.4) is 0 Å². The van der Waals surface area contributed by atoms with Gasteiger partial charge in [-0.2, -0.15) is 9.78 Å². The van der Waals surface area contributed by atoms with E-state index in [4.69, 9.17) is 18.9 Å². The first-order valence-electron chi connectivity index (χ1n) is 12.6. The van der Waals surface area contributed by atoms with Gasteiger partial charge in [0.15, 0.2) is 12.4 Å². The molecule has 2 aromatic heterocycles. The lowest BCUT2D eigenvalue weighted by atomic mass is 10.2. The maximum absolute atomic E-state index is 13.6. The van der Waals surface area contributed by atoms with E-state index in [0.717, 1.165) is 9.86 Å². The summed E-state index contributed by atoms with van der Waals surface area (Å²) in [4.78, 5) is 32.5. The highest BCUT2D eigenvalue weighted by molar-refractivity contribution is 9.11. The molecule has 3 aromatic carbocycles. The van der Waals surface area contributed by atoms with Crippen molar-refractivity contribution in [2.45, 2.75) is 0 Å². The number of aromatic nitrogens is 2. The Bertz CT molecular complexity index is 1860. The van der Waals surface area contributed by atoms with Crippen LogP contribution in [0.25, 0.3) is 33.5 Å². The smallest absolute Gasteiger partial charge is 0.282 e. The van der Waals surface area contributed by atoms with Crippen molar-refractivity contribution in [1.82, 2.24) is 14.6 Å². The zero-order valence-corrected chi connectivity index (χ0v) is 26.1. The molecule has 1 aliphatic heterocycles. The highest BCUT2D eigenvalue weighted by atomic mass is 79.9. The normalized spacial score (nSPS) is 13.9. The maximum atomic E-state index is 13.6. The molecule has 41 heavy (non-hydrogen) atoms. The van der Waals surface area contributed by atoms with Crippen LogP contribution >= 0.6 is 47.8 Å². The average Bonchev–Trinajstić information content (AvgIpc) is 3.39. The first kappa shape index (κ1) is 27.8. The number of hydrogen-bond acceptors (Lipinski definition) is 7. The van der Waals surface area contributed by atoms with Gasteiger partial charge in [-0.25, -0.2) is 4.98 Å². The molecule has 1 amide bonds. The molecule has 12 heteroatoms. The number of carbonyl (C=O) groups is 1. The summed E-state index contributed by atoms with van der Waals surface area (Å²) in [5.41, 5.74) is 1.55. The Morgan fingerprint density at radius 3 is 2.56 bits per heavy atom. The van der Waals surface area contributed by atoms with Crippen LogP contribution in [-0.4, -0.2) is 59.6 Å². The van der Waals surface area contributed by atoms with E-state index in [1.807, 2.05) is 30.3 Å². The summed E-state index contributed by atoms with van der Waals surface area (Å²) in [6, 6.07) is 18.2. The van der Waals surface area contributed by atoms with E-state index in [2.05, 4.69) is 52.9 Å². The van der Waals surface area contributed by atoms with Crippen LogP contribution < -0.4 is 10.3 Å². The summed E-state index contributed by atoms with van der Waals surface area (Å²) in [5, 5.41) is 5.83. The third-order valence-corrected chi connectivity index (χ3v) is 8.17. The second-order valence-electron chi connectivity index (χ2n) is 9.20. The van der Waals surface area contributed by atoms with Gasteiger partial charge in [0.05, 0.1) is 39.3 Å². The number of hydrogen-bond donors (Lipinski definition) is 0. The zero-order valence-electron chi connectivity index (χ0n) is 21.4. The van der Waals surface area contributed by atoms with E-state index in [1.54, 1.807) is 41.4 Å². The summed E-state index contributed by atoms with van der Waals surface area (Å²) in [5.74, 6) is 1.07. The SMILES string of the molecule is O=C(COc1c(Br)cc(C=Nn2c(-c3cc4cc(Br)ccc4o3)nc3ccccc3c2=O)cc1Br)N1CCOCC1. The lowest BCUT2D eigenvalue weighted by molar-refractivity contribution is -0.137. The largest absolute Gasteiger partial charge is 0.481 e. The van der Waals surface area contributed by atoms with Crippen LogP contribution in [0.15, 0.2) is 88.4 Å². The van der Waals surface area contributed by atoms with Crippen molar-refractivity contribution >= 4 is 81.8 Å². The van der Waals surface area contributed by atoms with Gasteiger partial charge in [-0.1, -0.05) is 28.1 Å². The summed E-state index contributed by atoms with van der Waals surface area (Å²) < 4.78 is 20.6. The van der Waals surface area contributed by atoms with E-state index in [1.165, 1.54) is 4.68 Å². The quantitative estimate of drug-likeness (QED) is 0.192. The van der Waals surface area contributed by atoms with Gasteiger partial charge >= 0.3 is 0 Å². The third kappa shape index (κ3) is 5.87. The number of amides is 1. The molecule has 3 heterocycles. The molecule has 0 spiro atoms. The summed E-state index contributed by atoms with van der Waals surface area (Å²) in [6.07, 6.45) is 1.55. The molecular weight excluding hydrogens is 724 g/mol. The Kier molecular flexibility index (Phi) is 8.07. The molecule has 1 saturated heterocycles. The Hall–Kier alpha value is -3.32. The number of ether oxygens (including phenoxy) is 2. The van der Waals surface area contributed by atoms with Gasteiger partial charge in [-0.15, -0.1) is 0 Å².